The van der Waals surface area contributed by atoms with Gasteiger partial charge in [0.1, 0.15) is 17.6 Å². The largest absolute Gasteiger partial charge is 0.506 e. The number of hydrogen-bond acceptors (Lipinski definition) is 16. The molecule has 0 aromatic carbocycles. The number of nitrogens with zero attached hydrogens (tertiary/aromatic N) is 4. The zero-order chi connectivity index (χ0) is 44.2. The number of rotatable bonds is 21. The van der Waals surface area contributed by atoms with Gasteiger partial charge in [0.05, 0.1) is 35.0 Å². The highest BCUT2D eigenvalue weighted by Gasteiger charge is 2.55. The molecular formula is C41H61FIN5O11. The van der Waals surface area contributed by atoms with Crippen molar-refractivity contribution in [1.29, 1.82) is 0 Å². The third kappa shape index (κ3) is 10.9. The fourth-order valence-corrected chi connectivity index (χ4v) is 8.78. The van der Waals surface area contributed by atoms with Crippen molar-refractivity contribution in [2.75, 3.05) is 34.3 Å². The number of carbonyl (C=O) groups excluding carboxylic acids is 4. The molecule has 0 bridgehead atoms. The van der Waals surface area contributed by atoms with Gasteiger partial charge < -0.3 is 44.1 Å². The van der Waals surface area contributed by atoms with Gasteiger partial charge in [0.15, 0.2) is 21.8 Å². The predicted octanol–water partition coefficient (Wildman–Crippen LogP) is 3.50. The maximum atomic E-state index is 16.8. The normalized spacial score (nSPS) is 25.9. The van der Waals surface area contributed by atoms with Crippen molar-refractivity contribution < 1.29 is 57.5 Å². The number of likely N-dealkylation sites (N-methyl/N-ethyl adjacent to an activating group) is 1. The number of likely N-dealkylation sites (tertiary alicyclic amines) is 1. The van der Waals surface area contributed by atoms with Crippen molar-refractivity contribution in [2.24, 2.45) is 11.8 Å². The van der Waals surface area contributed by atoms with Crippen LogP contribution in [-0.2, 0) is 49.4 Å². The van der Waals surface area contributed by atoms with Gasteiger partial charge in [0.25, 0.3) is 12.1 Å². The molecule has 0 spiro atoms. The summed E-state index contributed by atoms with van der Waals surface area (Å²) < 4.78 is 45.0. The van der Waals surface area contributed by atoms with E-state index in [0.717, 1.165) is 6.92 Å². The van der Waals surface area contributed by atoms with Gasteiger partial charge in [-0.3, -0.25) is 29.3 Å². The van der Waals surface area contributed by atoms with Crippen molar-refractivity contribution in [1.82, 2.24) is 25.1 Å². The van der Waals surface area contributed by atoms with Crippen LogP contribution in [0, 0.1) is 11.8 Å². The zero-order valence-electron chi connectivity index (χ0n) is 35.8. The number of alkyl halides is 2. The standard InChI is InChI=1S/C41H61FIN5O11/c1-22(25(4)50)16-39(6,55-11)35(58-36-33(52)30(47(9)10)15-23(2)57-36)24(3)34(53)40(7,42)38(54)59-37(43)41(8,56-21-49)26(5)46-27-18-48(19-27)20-28-31(51)17-45-29-13-12-14-44-32(28)29/h12-14,17,21-24,26-27,30,33,35-37,46,51-52H,15-16,18-20H2,1-11H3/t22-,23-,24+,26-,30+,33-,35-,36+,37+,39-,40+,41+/m1/s1. The lowest BCUT2D eigenvalue weighted by Crippen LogP contribution is -2.65. The van der Waals surface area contributed by atoms with E-state index in [1.54, 1.807) is 55.6 Å². The molecule has 2 aliphatic heterocycles. The summed E-state index contributed by atoms with van der Waals surface area (Å²) >= 11 is 1.74. The van der Waals surface area contributed by atoms with Crippen LogP contribution < -0.4 is 5.32 Å². The number of pyridine rings is 2. The predicted molar refractivity (Wildman–Crippen MR) is 223 cm³/mol. The van der Waals surface area contributed by atoms with Crippen LogP contribution in [0.4, 0.5) is 4.39 Å². The topological polar surface area (TPSA) is 199 Å². The first-order valence-electron chi connectivity index (χ1n) is 19.8. The smallest absolute Gasteiger partial charge is 0.352 e. The van der Waals surface area contributed by atoms with Crippen molar-refractivity contribution in [2.45, 2.75) is 138 Å². The molecule has 0 saturated carbocycles. The van der Waals surface area contributed by atoms with Crippen LogP contribution in [0.2, 0.25) is 0 Å². The van der Waals surface area contributed by atoms with Gasteiger partial charge in [0, 0.05) is 68.5 Å². The maximum absolute atomic E-state index is 16.8. The van der Waals surface area contributed by atoms with Crippen LogP contribution in [-0.4, -0.2) is 152 Å². The van der Waals surface area contributed by atoms with E-state index in [4.69, 9.17) is 23.7 Å². The number of aromatic hydroxyl groups is 1. The van der Waals surface area contributed by atoms with Gasteiger partial charge >= 0.3 is 5.97 Å². The number of nitrogens with one attached hydrogen (secondary N) is 1. The molecule has 4 rings (SSSR count). The molecule has 2 aromatic rings. The van der Waals surface area contributed by atoms with E-state index in [9.17, 15) is 29.4 Å². The van der Waals surface area contributed by atoms with Crippen molar-refractivity contribution >= 4 is 57.6 Å². The highest BCUT2D eigenvalue weighted by atomic mass is 127. The maximum Gasteiger partial charge on any atom is 0.352 e. The monoisotopic (exact) mass is 945 g/mol. The molecule has 330 valence electrons. The number of hydrogen-bond donors (Lipinski definition) is 3. The molecule has 2 saturated heterocycles. The summed E-state index contributed by atoms with van der Waals surface area (Å²) in [5.41, 5.74) is -4.24. The molecule has 12 atom stereocenters. The summed E-state index contributed by atoms with van der Waals surface area (Å²) in [4.78, 5) is 64.7. The number of fused-ring (bicyclic) bond motifs is 1. The van der Waals surface area contributed by atoms with E-state index < -0.39 is 69.1 Å². The van der Waals surface area contributed by atoms with Gasteiger partial charge in [-0.25, -0.2) is 9.18 Å². The minimum absolute atomic E-state index is 0.0402. The van der Waals surface area contributed by atoms with E-state index in [0.29, 0.717) is 42.7 Å². The lowest BCUT2D eigenvalue weighted by Gasteiger charge is -2.46. The summed E-state index contributed by atoms with van der Waals surface area (Å²) in [5.74, 6) is -4.77. The summed E-state index contributed by atoms with van der Waals surface area (Å²) in [7, 11) is 4.99. The van der Waals surface area contributed by atoms with E-state index in [-0.39, 0.29) is 42.6 Å². The highest BCUT2D eigenvalue weighted by Crippen LogP contribution is 2.38. The first-order chi connectivity index (χ1) is 27.5. The van der Waals surface area contributed by atoms with Gasteiger partial charge in [-0.1, -0.05) is 13.8 Å². The van der Waals surface area contributed by atoms with Crippen LogP contribution in [0.3, 0.4) is 0 Å². The number of aliphatic hydroxyl groups is 1. The van der Waals surface area contributed by atoms with Crippen LogP contribution in [0.15, 0.2) is 24.5 Å². The van der Waals surface area contributed by atoms with Crippen LogP contribution in [0.5, 0.6) is 5.75 Å². The van der Waals surface area contributed by atoms with Gasteiger partial charge in [0.2, 0.25) is 0 Å². The number of esters is 1. The second kappa shape index (κ2) is 19.8. The average Bonchev–Trinajstić information content (AvgIpc) is 3.16. The van der Waals surface area contributed by atoms with E-state index in [2.05, 4.69) is 20.2 Å². The number of aromatic nitrogens is 2. The molecule has 0 aliphatic carbocycles. The van der Waals surface area contributed by atoms with Gasteiger partial charge in [-0.2, -0.15) is 0 Å². The molecule has 3 N–H and O–H groups in total. The third-order valence-corrected chi connectivity index (χ3v) is 13.6. The molecule has 0 unspecified atom stereocenters. The quantitative estimate of drug-likeness (QED) is 0.0540. The Morgan fingerprint density at radius 3 is 2.44 bits per heavy atom. The first kappa shape index (κ1) is 48.7. The Kier molecular flexibility index (Phi) is 16.3. The summed E-state index contributed by atoms with van der Waals surface area (Å²) in [6.45, 7) is 13.8. The number of halogens is 2. The molecule has 2 aromatic heterocycles. The third-order valence-electron chi connectivity index (χ3n) is 12.1. The molecule has 2 aliphatic rings. The van der Waals surface area contributed by atoms with Crippen molar-refractivity contribution in [3.05, 3.63) is 30.1 Å². The molecule has 0 radical (unpaired) electrons. The van der Waals surface area contributed by atoms with Gasteiger partial charge in [-0.15, -0.1) is 0 Å². The summed E-state index contributed by atoms with van der Waals surface area (Å²) in [5, 5.41) is 25.2. The molecule has 4 heterocycles. The van der Waals surface area contributed by atoms with Crippen LogP contribution >= 0.6 is 22.6 Å². The number of aliphatic hydroxyl groups excluding tert-OH is 1. The molecule has 16 nitrogen and oxygen atoms in total. The minimum Gasteiger partial charge on any atom is -0.506 e. The fourth-order valence-electron chi connectivity index (χ4n) is 7.87. The van der Waals surface area contributed by atoms with Crippen LogP contribution in [0.1, 0.15) is 73.8 Å². The second-order valence-corrected chi connectivity index (χ2v) is 18.0. The van der Waals surface area contributed by atoms with E-state index in [1.807, 2.05) is 32.0 Å². The summed E-state index contributed by atoms with van der Waals surface area (Å²) in [6, 6.07) is 2.50. The molecule has 18 heteroatoms. The minimum atomic E-state index is -3.23. The average molecular weight is 946 g/mol. The first-order valence-corrected chi connectivity index (χ1v) is 21.1. The van der Waals surface area contributed by atoms with Crippen molar-refractivity contribution in [3.8, 4) is 5.75 Å². The van der Waals surface area contributed by atoms with E-state index in [1.165, 1.54) is 34.1 Å². The molecular weight excluding hydrogens is 884 g/mol. The number of carbonyl (C=O) groups is 4. The number of methoxy groups -OCH3 is 1. The van der Waals surface area contributed by atoms with Crippen LogP contribution in [0.25, 0.3) is 11.0 Å². The number of ketones is 2. The Hall–Kier alpha value is -2.98. The molecule has 59 heavy (non-hydrogen) atoms. The highest BCUT2D eigenvalue weighted by molar-refractivity contribution is 14.1. The molecule has 2 fully saturated rings. The fraction of sp³-hybridized carbons (Fsp3) is 0.707. The lowest BCUT2D eigenvalue weighted by atomic mass is 9.77. The Bertz CT molecular complexity index is 1800. The SMILES string of the molecule is CO[C@](C)(C[C@@H](C)C(C)=O)[C@H](O[C@@H]1O[C@H](C)C[C@H](N(C)C)[C@H]1O)[C@@H](C)C(=O)[C@](C)(F)C(=O)O[C@H](I)[C@@](C)(OC=O)[C@@H](C)NC1CN(Cc2c(O)cnc3cccnc23)C1. The Balaban J connectivity index is 1.49. The zero-order valence-corrected chi connectivity index (χ0v) is 38.0. The lowest BCUT2D eigenvalue weighted by molar-refractivity contribution is -0.295. The van der Waals surface area contributed by atoms with Crippen molar-refractivity contribution in [3.63, 3.8) is 0 Å². The summed E-state index contributed by atoms with van der Waals surface area (Å²) in [6.07, 6.45) is -0.503. The number of ether oxygens (including phenoxy) is 5. The Morgan fingerprint density at radius 2 is 1.85 bits per heavy atom. The molecule has 0 amide bonds. The van der Waals surface area contributed by atoms with E-state index >= 15 is 4.39 Å². The number of Topliss-reactive ketones (excluding diaryl/α,β-unsaturated/α-hetero) is 2. The van der Waals surface area contributed by atoms with Gasteiger partial charge in [-0.05, 0) is 103 Å². The Morgan fingerprint density at radius 1 is 1.19 bits per heavy atom. The Labute approximate surface area is 359 Å². The second-order valence-electron chi connectivity index (χ2n) is 16.9.